The number of aromatic nitrogens is 3. The van der Waals surface area contributed by atoms with Gasteiger partial charge in [0, 0.05) is 43.0 Å². The van der Waals surface area contributed by atoms with Crippen LogP contribution in [0.4, 0.5) is 0 Å². The minimum atomic E-state index is -0.127. The van der Waals surface area contributed by atoms with Gasteiger partial charge in [-0.05, 0) is 48.7 Å². The van der Waals surface area contributed by atoms with Crippen molar-refractivity contribution in [1.29, 1.82) is 0 Å². The number of para-hydroxylation sites is 1. The number of likely N-dealkylation sites (tertiary alicyclic amines) is 1. The first-order chi connectivity index (χ1) is 17.1. The summed E-state index contributed by atoms with van der Waals surface area (Å²) >= 11 is 6.19. The Morgan fingerprint density at radius 3 is 2.34 bits per heavy atom. The first-order valence-corrected chi connectivity index (χ1v) is 12.1. The maximum atomic E-state index is 13.5. The van der Waals surface area contributed by atoms with Crippen LogP contribution in [0.3, 0.4) is 0 Å². The fourth-order valence-electron chi connectivity index (χ4n) is 4.46. The third kappa shape index (κ3) is 4.86. The van der Waals surface area contributed by atoms with Crippen LogP contribution in [0.25, 0.3) is 11.5 Å². The maximum absolute atomic E-state index is 13.5. The van der Waals surface area contributed by atoms with E-state index >= 15 is 0 Å². The predicted octanol–water partition coefficient (Wildman–Crippen LogP) is 4.49. The molecule has 5 rings (SSSR count). The van der Waals surface area contributed by atoms with Gasteiger partial charge in [0.2, 0.25) is 5.91 Å². The summed E-state index contributed by atoms with van der Waals surface area (Å²) in [6.45, 7) is 1.44. The molecule has 3 heterocycles. The van der Waals surface area contributed by atoms with Crippen molar-refractivity contribution in [2.24, 2.45) is 5.92 Å². The van der Waals surface area contributed by atoms with Crippen molar-refractivity contribution in [3.8, 4) is 11.5 Å². The van der Waals surface area contributed by atoms with Crippen LogP contribution >= 0.6 is 11.6 Å². The van der Waals surface area contributed by atoms with Crippen molar-refractivity contribution in [3.63, 3.8) is 0 Å². The van der Waals surface area contributed by atoms with Gasteiger partial charge in [0.25, 0.3) is 5.91 Å². The summed E-state index contributed by atoms with van der Waals surface area (Å²) in [5.41, 5.74) is 2.30. The zero-order chi connectivity index (χ0) is 24.2. The van der Waals surface area contributed by atoms with Gasteiger partial charge in [-0.2, -0.15) is 5.10 Å². The molecular weight excluding hydrogens is 462 g/mol. The van der Waals surface area contributed by atoms with Gasteiger partial charge in [-0.1, -0.05) is 48.0 Å². The Kier molecular flexibility index (Phi) is 6.68. The van der Waals surface area contributed by atoms with E-state index in [2.05, 4.69) is 10.4 Å². The molecule has 35 heavy (non-hydrogen) atoms. The predicted molar refractivity (Wildman–Crippen MR) is 135 cm³/mol. The van der Waals surface area contributed by atoms with Crippen molar-refractivity contribution in [1.82, 2.24) is 24.6 Å². The summed E-state index contributed by atoms with van der Waals surface area (Å²) in [5.74, 6) is 0.496. The van der Waals surface area contributed by atoms with Crippen LogP contribution in [-0.4, -0.2) is 44.2 Å². The first kappa shape index (κ1) is 22.9. The van der Waals surface area contributed by atoms with Gasteiger partial charge < -0.3 is 14.8 Å². The molecule has 7 nitrogen and oxygen atoms in total. The van der Waals surface area contributed by atoms with Crippen molar-refractivity contribution in [3.05, 3.63) is 101 Å². The van der Waals surface area contributed by atoms with E-state index in [0.717, 1.165) is 11.3 Å². The number of carbonyl (C=O) groups excluding carboxylic acids is 2. The van der Waals surface area contributed by atoms with Gasteiger partial charge in [0.1, 0.15) is 5.56 Å². The number of amides is 2. The van der Waals surface area contributed by atoms with Crippen LogP contribution in [0.5, 0.6) is 0 Å². The number of halogens is 1. The lowest BCUT2D eigenvalue weighted by Crippen LogP contribution is -2.43. The Morgan fingerprint density at radius 2 is 1.63 bits per heavy atom. The topological polar surface area (TPSA) is 72.2 Å². The second-order valence-electron chi connectivity index (χ2n) is 8.60. The maximum Gasteiger partial charge on any atom is 0.259 e. The first-order valence-electron chi connectivity index (χ1n) is 11.7. The summed E-state index contributed by atoms with van der Waals surface area (Å²) in [7, 11) is 0. The highest BCUT2D eigenvalue weighted by atomic mass is 35.5. The number of piperidine rings is 1. The molecule has 0 bridgehead atoms. The van der Waals surface area contributed by atoms with Crippen LogP contribution in [0.1, 0.15) is 28.8 Å². The lowest BCUT2D eigenvalue weighted by molar-refractivity contribution is -0.126. The molecule has 1 N–H and O–H groups in total. The third-order valence-electron chi connectivity index (χ3n) is 6.39. The number of nitrogens with one attached hydrogen (secondary N) is 1. The fraction of sp³-hybridized carbons (Fsp3) is 0.222. The van der Waals surface area contributed by atoms with E-state index in [1.54, 1.807) is 10.9 Å². The Morgan fingerprint density at radius 1 is 0.943 bits per heavy atom. The second-order valence-corrected chi connectivity index (χ2v) is 9.00. The number of rotatable bonds is 6. The van der Waals surface area contributed by atoms with Gasteiger partial charge in [-0.25, -0.2) is 4.68 Å². The number of hydrogen-bond donors (Lipinski definition) is 1. The summed E-state index contributed by atoms with van der Waals surface area (Å²) in [4.78, 5) is 28.1. The smallest absolute Gasteiger partial charge is 0.259 e. The van der Waals surface area contributed by atoms with Crippen molar-refractivity contribution < 1.29 is 9.59 Å². The second kappa shape index (κ2) is 10.2. The van der Waals surface area contributed by atoms with E-state index in [1.165, 1.54) is 0 Å². The highest BCUT2D eigenvalue weighted by Gasteiger charge is 2.30. The largest absolute Gasteiger partial charge is 0.352 e. The lowest BCUT2D eigenvalue weighted by atomic mass is 9.95. The zero-order valence-corrected chi connectivity index (χ0v) is 19.9. The highest BCUT2D eigenvalue weighted by Crippen LogP contribution is 2.25. The van der Waals surface area contributed by atoms with Crippen LogP contribution < -0.4 is 5.32 Å². The van der Waals surface area contributed by atoms with Crippen molar-refractivity contribution in [2.75, 3.05) is 13.1 Å². The summed E-state index contributed by atoms with van der Waals surface area (Å²) in [6, 6.07) is 21.1. The standard InChI is InChI=1S/C27H26ClN5O2/c28-24-11-5-4-8-21(24)18-29-25(34)20-12-16-32(17-13-20)27(35)23-19-30-33(22-9-2-1-3-10-22)26(23)31-14-6-7-15-31/h1-11,14-15,19-20H,12-13,16-18H2,(H,29,34). The molecule has 0 saturated carbocycles. The Labute approximate surface area is 208 Å². The Bertz CT molecular complexity index is 1310. The molecule has 8 heteroatoms. The van der Waals surface area contributed by atoms with Gasteiger partial charge in [0.15, 0.2) is 5.82 Å². The van der Waals surface area contributed by atoms with Gasteiger partial charge in [-0.15, -0.1) is 0 Å². The molecule has 0 atom stereocenters. The summed E-state index contributed by atoms with van der Waals surface area (Å²) in [5, 5.41) is 8.17. The SMILES string of the molecule is O=C(NCc1ccccc1Cl)C1CCN(C(=O)c2cnn(-c3ccccc3)c2-n2cccc2)CC1. The molecule has 1 aliphatic rings. The van der Waals surface area contributed by atoms with E-state index < -0.39 is 0 Å². The van der Waals surface area contributed by atoms with E-state index in [1.807, 2.05) is 88.6 Å². The average molecular weight is 488 g/mol. The van der Waals surface area contributed by atoms with Crippen LogP contribution in [0, 0.1) is 5.92 Å². The minimum Gasteiger partial charge on any atom is -0.352 e. The fourth-order valence-corrected chi connectivity index (χ4v) is 4.66. The van der Waals surface area contributed by atoms with Crippen LogP contribution in [0.15, 0.2) is 85.3 Å². The van der Waals surface area contributed by atoms with E-state index in [-0.39, 0.29) is 17.7 Å². The molecule has 2 aromatic carbocycles. The monoisotopic (exact) mass is 487 g/mol. The van der Waals surface area contributed by atoms with Gasteiger partial charge in [0.05, 0.1) is 11.9 Å². The molecule has 1 aliphatic heterocycles. The molecule has 0 unspecified atom stereocenters. The zero-order valence-electron chi connectivity index (χ0n) is 19.2. The van der Waals surface area contributed by atoms with E-state index in [9.17, 15) is 9.59 Å². The summed E-state index contributed by atoms with van der Waals surface area (Å²) in [6.07, 6.45) is 6.68. The normalized spacial score (nSPS) is 14.1. The molecule has 0 aliphatic carbocycles. The number of carbonyl (C=O) groups is 2. The molecule has 2 amide bonds. The molecule has 1 fully saturated rings. The van der Waals surface area contributed by atoms with Gasteiger partial charge >= 0.3 is 0 Å². The van der Waals surface area contributed by atoms with Crippen molar-refractivity contribution >= 4 is 23.4 Å². The van der Waals surface area contributed by atoms with E-state index in [0.29, 0.717) is 48.9 Å². The molecule has 4 aromatic rings. The Hall–Kier alpha value is -3.84. The lowest BCUT2D eigenvalue weighted by Gasteiger charge is -2.31. The molecule has 0 spiro atoms. The van der Waals surface area contributed by atoms with Gasteiger partial charge in [-0.3, -0.25) is 9.59 Å². The van der Waals surface area contributed by atoms with Crippen LogP contribution in [0.2, 0.25) is 5.02 Å². The molecule has 2 aromatic heterocycles. The number of benzene rings is 2. The minimum absolute atomic E-state index is 0.00180. The highest BCUT2D eigenvalue weighted by molar-refractivity contribution is 6.31. The van der Waals surface area contributed by atoms with Crippen molar-refractivity contribution in [2.45, 2.75) is 19.4 Å². The molecular formula is C27H26ClN5O2. The number of nitrogens with zero attached hydrogens (tertiary/aromatic N) is 4. The van der Waals surface area contributed by atoms with Crippen LogP contribution in [-0.2, 0) is 11.3 Å². The molecule has 1 saturated heterocycles. The molecule has 178 valence electrons. The quantitative estimate of drug-likeness (QED) is 0.435. The average Bonchev–Trinajstić information content (AvgIpc) is 3.58. The van der Waals surface area contributed by atoms with E-state index in [4.69, 9.17) is 11.6 Å². The summed E-state index contributed by atoms with van der Waals surface area (Å²) < 4.78 is 3.68. The Balaban J connectivity index is 1.27. The molecule has 0 radical (unpaired) electrons. The third-order valence-corrected chi connectivity index (χ3v) is 6.76. The number of hydrogen-bond acceptors (Lipinski definition) is 3.